The van der Waals surface area contributed by atoms with E-state index in [1.54, 1.807) is 24.0 Å². The van der Waals surface area contributed by atoms with Crippen molar-refractivity contribution >= 4 is 5.91 Å². The monoisotopic (exact) mass is 318 g/mol. The molecule has 0 radical (unpaired) electrons. The average molecular weight is 318 g/mol. The van der Waals surface area contributed by atoms with E-state index in [9.17, 15) is 9.18 Å². The van der Waals surface area contributed by atoms with E-state index >= 15 is 0 Å². The first kappa shape index (κ1) is 15.7. The van der Waals surface area contributed by atoms with Crippen LogP contribution in [0.15, 0.2) is 28.8 Å². The Kier molecular flexibility index (Phi) is 4.43. The third kappa shape index (κ3) is 3.12. The van der Waals surface area contributed by atoms with Crippen LogP contribution < -0.4 is 0 Å². The van der Waals surface area contributed by atoms with E-state index in [2.05, 4.69) is 5.16 Å². The molecule has 3 rings (SSSR count). The number of rotatable bonds is 3. The lowest BCUT2D eigenvalue weighted by Crippen LogP contribution is -2.42. The van der Waals surface area contributed by atoms with Gasteiger partial charge in [-0.1, -0.05) is 24.2 Å². The lowest BCUT2D eigenvalue weighted by atomic mass is 10.1. The molecule has 1 amide bonds. The third-order valence-corrected chi connectivity index (χ3v) is 4.08. The molecule has 0 saturated carbocycles. The minimum absolute atomic E-state index is 0.0870. The minimum atomic E-state index is -0.287. The first-order valence-electron chi connectivity index (χ1n) is 7.71. The predicted octanol–water partition coefficient (Wildman–Crippen LogP) is 2.90. The Morgan fingerprint density at radius 1 is 1.39 bits per heavy atom. The maximum Gasteiger partial charge on any atom is 0.259 e. The first-order chi connectivity index (χ1) is 11.1. The molecule has 0 spiro atoms. The Hall–Kier alpha value is -2.21. The molecule has 1 saturated heterocycles. The summed E-state index contributed by atoms with van der Waals surface area (Å²) in [4.78, 5) is 14.5. The van der Waals surface area contributed by atoms with Crippen molar-refractivity contribution in [3.63, 3.8) is 0 Å². The van der Waals surface area contributed by atoms with Gasteiger partial charge in [-0.05, 0) is 31.0 Å². The van der Waals surface area contributed by atoms with Gasteiger partial charge in [-0.2, -0.15) is 0 Å². The second kappa shape index (κ2) is 6.50. The summed E-state index contributed by atoms with van der Waals surface area (Å²) in [6.07, 6.45) is 0.392. The van der Waals surface area contributed by atoms with Gasteiger partial charge in [0, 0.05) is 6.54 Å². The number of hydrogen-bond donors (Lipinski definition) is 0. The Labute approximate surface area is 134 Å². The smallest absolute Gasteiger partial charge is 0.259 e. The molecule has 122 valence electrons. The number of aryl methyl sites for hydroxylation is 2. The van der Waals surface area contributed by atoms with Crippen LogP contribution >= 0.6 is 0 Å². The fraction of sp³-hybridized carbons (Fsp3) is 0.412. The zero-order valence-corrected chi connectivity index (χ0v) is 13.2. The van der Waals surface area contributed by atoms with Crippen molar-refractivity contribution in [2.75, 3.05) is 19.7 Å². The summed E-state index contributed by atoms with van der Waals surface area (Å²) in [7, 11) is 0. The first-order valence-corrected chi connectivity index (χ1v) is 7.71. The molecule has 2 aromatic rings. The van der Waals surface area contributed by atoms with Crippen LogP contribution in [0.1, 0.15) is 40.4 Å². The lowest BCUT2D eigenvalue weighted by Gasteiger charge is -2.33. The molecule has 1 aliphatic rings. The quantitative estimate of drug-likeness (QED) is 0.873. The molecule has 23 heavy (non-hydrogen) atoms. The fourth-order valence-electron chi connectivity index (χ4n) is 2.80. The summed E-state index contributed by atoms with van der Waals surface area (Å²) < 4.78 is 23.9. The van der Waals surface area contributed by atoms with Crippen LogP contribution in [0.2, 0.25) is 0 Å². The number of halogens is 1. The van der Waals surface area contributed by atoms with Gasteiger partial charge in [0.15, 0.2) is 0 Å². The summed E-state index contributed by atoms with van der Waals surface area (Å²) in [5, 5.41) is 3.94. The van der Waals surface area contributed by atoms with Gasteiger partial charge >= 0.3 is 0 Å². The van der Waals surface area contributed by atoms with Gasteiger partial charge in [0.1, 0.15) is 23.2 Å². The van der Waals surface area contributed by atoms with E-state index in [1.807, 2.05) is 6.92 Å². The molecule has 0 unspecified atom stereocenters. The van der Waals surface area contributed by atoms with Crippen LogP contribution in [0.25, 0.3) is 0 Å². The summed E-state index contributed by atoms with van der Waals surface area (Å²) in [6, 6.07) is 6.18. The van der Waals surface area contributed by atoms with Crippen molar-refractivity contribution in [1.82, 2.24) is 10.1 Å². The molecule has 1 fully saturated rings. The fourth-order valence-corrected chi connectivity index (χ4v) is 2.80. The van der Waals surface area contributed by atoms with Gasteiger partial charge < -0.3 is 14.2 Å². The molecule has 0 bridgehead atoms. The van der Waals surface area contributed by atoms with E-state index in [0.29, 0.717) is 43.1 Å². The lowest BCUT2D eigenvalue weighted by molar-refractivity contribution is -0.0229. The Bertz CT molecular complexity index is 696. The van der Waals surface area contributed by atoms with E-state index in [4.69, 9.17) is 9.26 Å². The largest absolute Gasteiger partial charge is 0.370 e. The summed E-state index contributed by atoms with van der Waals surface area (Å²) in [6.45, 7) is 5.08. The predicted molar refractivity (Wildman–Crippen MR) is 81.6 cm³/mol. The van der Waals surface area contributed by atoms with Crippen LogP contribution in [0.3, 0.4) is 0 Å². The van der Waals surface area contributed by atoms with E-state index in [1.165, 1.54) is 12.1 Å². The van der Waals surface area contributed by atoms with Crippen molar-refractivity contribution in [3.05, 3.63) is 52.7 Å². The normalized spacial score (nSPS) is 18.2. The number of carbonyl (C=O) groups is 1. The highest BCUT2D eigenvalue weighted by molar-refractivity contribution is 5.96. The van der Waals surface area contributed by atoms with Crippen molar-refractivity contribution in [3.8, 4) is 0 Å². The summed E-state index contributed by atoms with van der Waals surface area (Å²) in [5.74, 6) is 0.165. The molecule has 0 aliphatic carbocycles. The Morgan fingerprint density at radius 3 is 2.83 bits per heavy atom. The molecule has 5 nitrogen and oxygen atoms in total. The second-order valence-corrected chi connectivity index (χ2v) is 5.58. The van der Waals surface area contributed by atoms with Crippen molar-refractivity contribution < 1.29 is 18.4 Å². The molecular formula is C17H19FN2O3. The molecule has 0 N–H and O–H groups in total. The number of amides is 1. The maximum atomic E-state index is 13.0. The Morgan fingerprint density at radius 2 is 2.13 bits per heavy atom. The number of benzene rings is 1. The number of morpholine rings is 1. The molecule has 2 heterocycles. The highest BCUT2D eigenvalue weighted by atomic mass is 19.1. The molecule has 6 heteroatoms. The zero-order chi connectivity index (χ0) is 16.4. The number of nitrogens with zero attached hydrogens (tertiary/aromatic N) is 2. The van der Waals surface area contributed by atoms with Crippen LogP contribution in [0, 0.1) is 12.7 Å². The van der Waals surface area contributed by atoms with Crippen LogP contribution in [-0.2, 0) is 11.2 Å². The minimum Gasteiger partial charge on any atom is -0.370 e. The highest BCUT2D eigenvalue weighted by Gasteiger charge is 2.29. The van der Waals surface area contributed by atoms with Gasteiger partial charge in [-0.25, -0.2) is 4.39 Å². The summed E-state index contributed by atoms with van der Waals surface area (Å²) in [5.41, 5.74) is 2.09. The van der Waals surface area contributed by atoms with Crippen molar-refractivity contribution in [1.29, 1.82) is 0 Å². The van der Waals surface area contributed by atoms with Gasteiger partial charge in [0.25, 0.3) is 5.91 Å². The van der Waals surface area contributed by atoms with Gasteiger partial charge in [-0.15, -0.1) is 0 Å². The van der Waals surface area contributed by atoms with Gasteiger partial charge in [-0.3, -0.25) is 4.79 Å². The van der Waals surface area contributed by atoms with E-state index in [-0.39, 0.29) is 17.8 Å². The van der Waals surface area contributed by atoms with E-state index < -0.39 is 0 Å². The van der Waals surface area contributed by atoms with Crippen LogP contribution in [-0.4, -0.2) is 35.7 Å². The molecule has 1 aliphatic heterocycles. The number of ether oxygens (including phenoxy) is 1. The zero-order valence-electron chi connectivity index (χ0n) is 13.2. The van der Waals surface area contributed by atoms with Gasteiger partial charge in [0.2, 0.25) is 0 Å². The number of carbonyl (C=O) groups excluding carboxylic acids is 1. The molecule has 1 atom stereocenters. The SMILES string of the molecule is CCc1noc(C)c1C(=O)N1CCO[C@H](c2ccc(F)cc2)C1. The maximum absolute atomic E-state index is 13.0. The number of aromatic nitrogens is 1. The highest BCUT2D eigenvalue weighted by Crippen LogP contribution is 2.25. The number of hydrogen-bond acceptors (Lipinski definition) is 4. The second-order valence-electron chi connectivity index (χ2n) is 5.58. The Balaban J connectivity index is 1.79. The molecule has 1 aromatic carbocycles. The molecule has 1 aromatic heterocycles. The van der Waals surface area contributed by atoms with Crippen molar-refractivity contribution in [2.45, 2.75) is 26.4 Å². The molecular weight excluding hydrogens is 299 g/mol. The summed E-state index contributed by atoms with van der Waals surface area (Å²) >= 11 is 0. The average Bonchev–Trinajstić information content (AvgIpc) is 2.95. The van der Waals surface area contributed by atoms with Gasteiger partial charge in [0.05, 0.1) is 18.8 Å². The van der Waals surface area contributed by atoms with Crippen molar-refractivity contribution in [2.24, 2.45) is 0 Å². The standard InChI is InChI=1S/C17H19FN2O3/c1-3-14-16(11(2)23-19-14)17(21)20-8-9-22-15(10-20)12-4-6-13(18)7-5-12/h4-7,15H,3,8-10H2,1-2H3/t15-/m0/s1. The van der Waals surface area contributed by atoms with E-state index in [0.717, 1.165) is 5.56 Å². The van der Waals surface area contributed by atoms with Crippen LogP contribution in [0.4, 0.5) is 4.39 Å². The topological polar surface area (TPSA) is 55.6 Å². The third-order valence-electron chi connectivity index (χ3n) is 4.08. The van der Waals surface area contributed by atoms with Crippen LogP contribution in [0.5, 0.6) is 0 Å².